The summed E-state index contributed by atoms with van der Waals surface area (Å²) in [6.45, 7) is 1.40. The van der Waals surface area contributed by atoms with Crippen molar-refractivity contribution >= 4 is 27.6 Å². The van der Waals surface area contributed by atoms with E-state index < -0.39 is 22.5 Å². The van der Waals surface area contributed by atoms with Crippen LogP contribution in [0, 0.1) is 6.92 Å². The molecule has 0 bridgehead atoms. The molecule has 0 spiro atoms. The second kappa shape index (κ2) is 8.65. The molecule has 0 radical (unpaired) electrons. The van der Waals surface area contributed by atoms with Crippen molar-refractivity contribution in [2.75, 3.05) is 26.1 Å². The van der Waals surface area contributed by atoms with Gasteiger partial charge in [-0.2, -0.15) is 4.72 Å². The molecule has 0 aliphatic heterocycles. The first-order valence-corrected chi connectivity index (χ1v) is 9.37. The van der Waals surface area contributed by atoms with Crippen LogP contribution in [0.3, 0.4) is 0 Å². The number of ether oxygens (including phenoxy) is 2. The number of nitrogens with one attached hydrogen (secondary N) is 2. The molecule has 2 aromatic rings. The summed E-state index contributed by atoms with van der Waals surface area (Å²) in [5.74, 6) is -0.454. The Labute approximate surface area is 157 Å². The minimum atomic E-state index is -3.86. The highest BCUT2D eigenvalue weighted by atomic mass is 32.2. The zero-order valence-electron chi connectivity index (χ0n) is 15.1. The summed E-state index contributed by atoms with van der Waals surface area (Å²) < 4.78 is 35.9. The fraction of sp³-hybridized carbons (Fsp3) is 0.222. The highest BCUT2D eigenvalue weighted by molar-refractivity contribution is 7.89. The third-order valence-corrected chi connectivity index (χ3v) is 5.14. The SMILES string of the molecule is COC(=O)CNS(=O)(=O)c1ccc(NC(=O)c2ccc(C)c(OC)c2)cc1. The monoisotopic (exact) mass is 392 g/mol. The summed E-state index contributed by atoms with van der Waals surface area (Å²) in [6, 6.07) is 10.6. The molecular formula is C18H20N2O6S. The van der Waals surface area contributed by atoms with E-state index in [1.54, 1.807) is 18.2 Å². The van der Waals surface area contributed by atoms with Gasteiger partial charge in [-0.15, -0.1) is 0 Å². The van der Waals surface area contributed by atoms with Crippen LogP contribution < -0.4 is 14.8 Å². The Hall–Kier alpha value is -2.91. The van der Waals surface area contributed by atoms with Gasteiger partial charge in [0.2, 0.25) is 10.0 Å². The van der Waals surface area contributed by atoms with Gasteiger partial charge in [-0.3, -0.25) is 9.59 Å². The number of methoxy groups -OCH3 is 2. The smallest absolute Gasteiger partial charge is 0.320 e. The number of amides is 1. The summed E-state index contributed by atoms with van der Waals surface area (Å²) in [5.41, 5.74) is 1.74. The van der Waals surface area contributed by atoms with Crippen LogP contribution in [0.5, 0.6) is 5.75 Å². The zero-order chi connectivity index (χ0) is 20.0. The molecule has 144 valence electrons. The summed E-state index contributed by atoms with van der Waals surface area (Å²) in [7, 11) is -1.17. The van der Waals surface area contributed by atoms with Crippen LogP contribution in [0.15, 0.2) is 47.4 Å². The van der Waals surface area contributed by atoms with E-state index in [9.17, 15) is 18.0 Å². The normalized spacial score (nSPS) is 10.9. The summed E-state index contributed by atoms with van der Waals surface area (Å²) >= 11 is 0. The molecule has 9 heteroatoms. The van der Waals surface area contributed by atoms with E-state index in [1.807, 2.05) is 6.92 Å². The lowest BCUT2D eigenvalue weighted by atomic mass is 10.1. The Balaban J connectivity index is 2.09. The molecule has 0 heterocycles. The van der Waals surface area contributed by atoms with Crippen molar-refractivity contribution in [2.24, 2.45) is 0 Å². The average molecular weight is 392 g/mol. The number of sulfonamides is 1. The van der Waals surface area contributed by atoms with Gasteiger partial charge < -0.3 is 14.8 Å². The van der Waals surface area contributed by atoms with Crippen molar-refractivity contribution < 1.29 is 27.5 Å². The number of carbonyl (C=O) groups excluding carboxylic acids is 2. The van der Waals surface area contributed by atoms with Gasteiger partial charge in [0.25, 0.3) is 5.91 Å². The Morgan fingerprint density at radius 1 is 1.04 bits per heavy atom. The second-order valence-corrected chi connectivity index (χ2v) is 7.33. The van der Waals surface area contributed by atoms with Gasteiger partial charge in [0.05, 0.1) is 19.1 Å². The Morgan fingerprint density at radius 3 is 2.30 bits per heavy atom. The van der Waals surface area contributed by atoms with E-state index in [4.69, 9.17) is 4.74 Å². The van der Waals surface area contributed by atoms with Crippen molar-refractivity contribution in [1.82, 2.24) is 4.72 Å². The molecule has 1 amide bonds. The van der Waals surface area contributed by atoms with Gasteiger partial charge in [0.1, 0.15) is 12.3 Å². The zero-order valence-corrected chi connectivity index (χ0v) is 15.9. The van der Waals surface area contributed by atoms with Crippen molar-refractivity contribution in [3.05, 3.63) is 53.6 Å². The van der Waals surface area contributed by atoms with Gasteiger partial charge in [0, 0.05) is 11.3 Å². The molecule has 0 aliphatic rings. The van der Waals surface area contributed by atoms with Crippen LogP contribution >= 0.6 is 0 Å². The molecule has 0 aromatic heterocycles. The first-order valence-electron chi connectivity index (χ1n) is 7.89. The maximum atomic E-state index is 12.3. The molecule has 0 fully saturated rings. The number of aryl methyl sites for hydroxylation is 1. The first kappa shape index (κ1) is 20.4. The van der Waals surface area contributed by atoms with Crippen LogP contribution in [-0.2, 0) is 19.6 Å². The van der Waals surface area contributed by atoms with E-state index >= 15 is 0 Å². The molecule has 8 nitrogen and oxygen atoms in total. The Bertz CT molecular complexity index is 939. The van der Waals surface area contributed by atoms with Crippen LogP contribution in [0.1, 0.15) is 15.9 Å². The van der Waals surface area contributed by atoms with Crippen LogP contribution in [0.4, 0.5) is 5.69 Å². The molecule has 0 aliphatic carbocycles. The van der Waals surface area contributed by atoms with Crippen molar-refractivity contribution in [3.8, 4) is 5.75 Å². The quantitative estimate of drug-likeness (QED) is 0.694. The fourth-order valence-electron chi connectivity index (χ4n) is 2.19. The Kier molecular flexibility index (Phi) is 6.54. The lowest BCUT2D eigenvalue weighted by Gasteiger charge is -2.10. The lowest BCUT2D eigenvalue weighted by Crippen LogP contribution is -2.30. The molecule has 0 unspecified atom stereocenters. The number of rotatable bonds is 7. The predicted octanol–water partition coefficient (Wildman–Crippen LogP) is 1.71. The summed E-state index contributed by atoms with van der Waals surface area (Å²) in [4.78, 5) is 23.4. The topological polar surface area (TPSA) is 111 Å². The summed E-state index contributed by atoms with van der Waals surface area (Å²) in [6.07, 6.45) is 0. The minimum Gasteiger partial charge on any atom is -0.496 e. The molecule has 2 N–H and O–H groups in total. The van der Waals surface area contributed by atoms with E-state index in [2.05, 4.69) is 14.8 Å². The molecular weight excluding hydrogens is 372 g/mol. The van der Waals surface area contributed by atoms with Crippen molar-refractivity contribution in [2.45, 2.75) is 11.8 Å². The third kappa shape index (κ3) is 5.28. The van der Waals surface area contributed by atoms with E-state index in [0.29, 0.717) is 17.0 Å². The standard InChI is InChI=1S/C18H20N2O6S/c1-12-4-5-13(10-16(12)25-2)18(22)20-14-6-8-15(9-7-14)27(23,24)19-11-17(21)26-3/h4-10,19H,11H2,1-3H3,(H,20,22). The Morgan fingerprint density at radius 2 is 1.70 bits per heavy atom. The minimum absolute atomic E-state index is 0.0404. The predicted molar refractivity (Wildman–Crippen MR) is 99.3 cm³/mol. The third-order valence-electron chi connectivity index (χ3n) is 3.73. The highest BCUT2D eigenvalue weighted by Crippen LogP contribution is 2.20. The molecule has 0 saturated heterocycles. The maximum absolute atomic E-state index is 12.3. The van der Waals surface area contributed by atoms with E-state index in [1.165, 1.54) is 31.4 Å². The van der Waals surface area contributed by atoms with Crippen LogP contribution in [0.25, 0.3) is 0 Å². The lowest BCUT2D eigenvalue weighted by molar-refractivity contribution is -0.139. The largest absolute Gasteiger partial charge is 0.496 e. The van der Waals surface area contributed by atoms with Crippen molar-refractivity contribution in [1.29, 1.82) is 0 Å². The van der Waals surface area contributed by atoms with Crippen molar-refractivity contribution in [3.63, 3.8) is 0 Å². The second-order valence-electron chi connectivity index (χ2n) is 5.56. The van der Waals surface area contributed by atoms with Gasteiger partial charge >= 0.3 is 5.97 Å². The number of hydrogen-bond acceptors (Lipinski definition) is 6. The first-order chi connectivity index (χ1) is 12.8. The molecule has 0 saturated carbocycles. The summed E-state index contributed by atoms with van der Waals surface area (Å²) in [5, 5.41) is 2.68. The maximum Gasteiger partial charge on any atom is 0.320 e. The van der Waals surface area contributed by atoms with Crippen LogP contribution in [-0.4, -0.2) is 41.1 Å². The van der Waals surface area contributed by atoms with Gasteiger partial charge in [-0.25, -0.2) is 8.42 Å². The van der Waals surface area contributed by atoms with Crippen LogP contribution in [0.2, 0.25) is 0 Å². The van der Waals surface area contributed by atoms with Gasteiger partial charge in [0.15, 0.2) is 0 Å². The highest BCUT2D eigenvalue weighted by Gasteiger charge is 2.16. The number of carbonyl (C=O) groups is 2. The van der Waals surface area contributed by atoms with Gasteiger partial charge in [-0.05, 0) is 48.9 Å². The average Bonchev–Trinajstić information content (AvgIpc) is 2.66. The molecule has 0 atom stereocenters. The molecule has 2 aromatic carbocycles. The number of hydrogen-bond donors (Lipinski definition) is 2. The molecule has 2 rings (SSSR count). The van der Waals surface area contributed by atoms with Gasteiger partial charge in [-0.1, -0.05) is 6.07 Å². The number of anilines is 1. The fourth-order valence-corrected chi connectivity index (χ4v) is 3.16. The van der Waals surface area contributed by atoms with E-state index in [0.717, 1.165) is 12.7 Å². The number of benzene rings is 2. The number of esters is 1. The van der Waals surface area contributed by atoms with E-state index in [-0.39, 0.29) is 10.8 Å². The molecule has 27 heavy (non-hydrogen) atoms.